The van der Waals surface area contributed by atoms with E-state index in [9.17, 15) is 0 Å². The molecule has 0 aromatic heterocycles. The molecule has 3 nitrogen and oxygen atoms in total. The van der Waals surface area contributed by atoms with E-state index in [0.717, 1.165) is 12.2 Å². The van der Waals surface area contributed by atoms with Crippen LogP contribution in [0.4, 0.5) is 5.69 Å². The van der Waals surface area contributed by atoms with Crippen LogP contribution in [0.2, 0.25) is 5.02 Å². The smallest absolute Gasteiger partial charge is 0.0992 e. The molecule has 0 bridgehead atoms. The summed E-state index contributed by atoms with van der Waals surface area (Å²) < 4.78 is 0. The van der Waals surface area contributed by atoms with Crippen LogP contribution in [-0.4, -0.2) is 18.6 Å². The van der Waals surface area contributed by atoms with E-state index < -0.39 is 0 Å². The lowest BCUT2D eigenvalue weighted by Gasteiger charge is -2.27. The van der Waals surface area contributed by atoms with Crippen LogP contribution in [-0.2, 0) is 0 Å². The van der Waals surface area contributed by atoms with Crippen LogP contribution in [0, 0.1) is 17.2 Å². The predicted octanol–water partition coefficient (Wildman–Crippen LogP) is 3.54. The normalized spacial score (nSPS) is 29.3. The lowest BCUT2D eigenvalue weighted by molar-refractivity contribution is 0.376. The van der Waals surface area contributed by atoms with Crippen molar-refractivity contribution >= 4 is 17.3 Å². The average molecular weight is 290 g/mol. The van der Waals surface area contributed by atoms with Gasteiger partial charge in [0.25, 0.3) is 0 Å². The number of nitriles is 1. The van der Waals surface area contributed by atoms with E-state index in [1.807, 2.05) is 6.07 Å². The summed E-state index contributed by atoms with van der Waals surface area (Å²) in [5.41, 5.74) is 1.56. The first-order chi connectivity index (χ1) is 9.78. The first kappa shape index (κ1) is 13.7. The second-order valence-electron chi connectivity index (χ2n) is 5.85. The minimum Gasteiger partial charge on any atom is -0.381 e. The molecule has 2 N–H and O–H groups in total. The maximum absolute atomic E-state index is 9.01. The number of benzene rings is 1. The number of nitrogens with zero attached hydrogens (tertiary/aromatic N) is 1. The molecule has 1 saturated heterocycles. The summed E-state index contributed by atoms with van der Waals surface area (Å²) in [7, 11) is 0. The summed E-state index contributed by atoms with van der Waals surface area (Å²) in [5.74, 6) is 0.680. The van der Waals surface area contributed by atoms with Crippen molar-refractivity contribution in [1.82, 2.24) is 5.32 Å². The molecular formula is C16H20ClN3. The lowest BCUT2D eigenvalue weighted by atomic mass is 9.93. The molecular weight excluding hydrogens is 270 g/mol. The van der Waals surface area contributed by atoms with Gasteiger partial charge in [-0.05, 0) is 56.3 Å². The maximum atomic E-state index is 9.01. The van der Waals surface area contributed by atoms with E-state index in [2.05, 4.69) is 16.7 Å². The molecule has 1 aliphatic heterocycles. The fourth-order valence-electron chi connectivity index (χ4n) is 3.63. The minimum absolute atomic E-state index is 0.469. The van der Waals surface area contributed by atoms with Crippen molar-refractivity contribution in [2.75, 3.05) is 11.9 Å². The Balaban J connectivity index is 1.74. The molecule has 0 amide bonds. The predicted molar refractivity (Wildman–Crippen MR) is 81.9 cm³/mol. The Morgan fingerprint density at radius 2 is 2.15 bits per heavy atom. The monoisotopic (exact) mass is 289 g/mol. The van der Waals surface area contributed by atoms with Crippen molar-refractivity contribution in [2.24, 2.45) is 5.92 Å². The summed E-state index contributed by atoms with van der Waals surface area (Å²) in [6.07, 6.45) is 6.32. The third-order valence-corrected chi connectivity index (χ3v) is 4.95. The van der Waals surface area contributed by atoms with Gasteiger partial charge in [0.15, 0.2) is 0 Å². The Morgan fingerprint density at radius 1 is 1.25 bits per heavy atom. The summed E-state index contributed by atoms with van der Waals surface area (Å²) in [6.45, 7) is 1.15. The fraction of sp³-hybridized carbons (Fsp3) is 0.562. The number of hydrogen-bond acceptors (Lipinski definition) is 3. The van der Waals surface area contributed by atoms with Gasteiger partial charge in [0, 0.05) is 12.1 Å². The lowest BCUT2D eigenvalue weighted by Crippen LogP contribution is -2.38. The van der Waals surface area contributed by atoms with Gasteiger partial charge in [-0.3, -0.25) is 0 Å². The molecule has 1 heterocycles. The van der Waals surface area contributed by atoms with E-state index in [-0.39, 0.29) is 0 Å². The molecule has 1 saturated carbocycles. The van der Waals surface area contributed by atoms with Crippen molar-refractivity contribution < 1.29 is 0 Å². The first-order valence-electron chi connectivity index (χ1n) is 7.47. The quantitative estimate of drug-likeness (QED) is 0.895. The van der Waals surface area contributed by atoms with Crippen LogP contribution in [0.1, 0.15) is 37.7 Å². The molecule has 0 radical (unpaired) electrons. The Kier molecular flexibility index (Phi) is 4.14. The van der Waals surface area contributed by atoms with Crippen molar-refractivity contribution in [3.8, 4) is 6.07 Å². The highest BCUT2D eigenvalue weighted by atomic mass is 35.5. The summed E-state index contributed by atoms with van der Waals surface area (Å²) in [6, 6.07) is 8.72. The molecule has 3 unspecified atom stereocenters. The molecule has 1 aromatic rings. The van der Waals surface area contributed by atoms with E-state index in [0.29, 0.717) is 28.6 Å². The van der Waals surface area contributed by atoms with E-state index >= 15 is 0 Å². The largest absolute Gasteiger partial charge is 0.381 e. The zero-order chi connectivity index (χ0) is 13.9. The van der Waals surface area contributed by atoms with E-state index in [1.165, 1.54) is 32.1 Å². The van der Waals surface area contributed by atoms with Gasteiger partial charge in [-0.25, -0.2) is 0 Å². The highest BCUT2D eigenvalue weighted by molar-refractivity contribution is 6.33. The van der Waals surface area contributed by atoms with E-state index in [4.69, 9.17) is 16.9 Å². The topological polar surface area (TPSA) is 47.9 Å². The molecule has 20 heavy (non-hydrogen) atoms. The number of halogens is 1. The molecule has 2 fully saturated rings. The molecule has 106 valence electrons. The molecule has 3 atom stereocenters. The van der Waals surface area contributed by atoms with Crippen LogP contribution in [0.3, 0.4) is 0 Å². The van der Waals surface area contributed by atoms with Gasteiger partial charge in [0.2, 0.25) is 0 Å². The minimum atomic E-state index is 0.469. The Morgan fingerprint density at radius 3 is 2.90 bits per heavy atom. The summed E-state index contributed by atoms with van der Waals surface area (Å²) in [5, 5.41) is 16.9. The number of hydrogen-bond donors (Lipinski definition) is 2. The maximum Gasteiger partial charge on any atom is 0.0992 e. The summed E-state index contributed by atoms with van der Waals surface area (Å²) >= 11 is 6.25. The van der Waals surface area contributed by atoms with Gasteiger partial charge in [-0.15, -0.1) is 0 Å². The van der Waals surface area contributed by atoms with Gasteiger partial charge in [-0.2, -0.15) is 5.26 Å². The third kappa shape index (κ3) is 2.77. The molecule has 4 heteroatoms. The SMILES string of the molecule is N#Cc1ccc(Cl)c(NC2CCCC2C2CCCN2)c1. The van der Waals surface area contributed by atoms with Crippen LogP contribution in [0.5, 0.6) is 0 Å². The second-order valence-corrected chi connectivity index (χ2v) is 6.26. The highest BCUT2D eigenvalue weighted by Crippen LogP contribution is 2.35. The number of anilines is 1. The van der Waals surface area contributed by atoms with Gasteiger partial charge >= 0.3 is 0 Å². The second kappa shape index (κ2) is 6.03. The van der Waals surface area contributed by atoms with E-state index in [1.54, 1.807) is 12.1 Å². The Labute approximate surface area is 125 Å². The van der Waals surface area contributed by atoms with Crippen molar-refractivity contribution in [3.05, 3.63) is 28.8 Å². The van der Waals surface area contributed by atoms with Crippen LogP contribution >= 0.6 is 11.6 Å². The molecule has 2 aliphatic rings. The van der Waals surface area contributed by atoms with Crippen LogP contribution < -0.4 is 10.6 Å². The standard InChI is InChI=1S/C16H20ClN3/c17-13-7-6-11(10-18)9-16(13)20-15-4-1-3-12(15)14-5-2-8-19-14/h6-7,9,12,14-15,19-20H,1-5,8H2. The Bertz CT molecular complexity index is 517. The average Bonchev–Trinajstić information content (AvgIpc) is 3.11. The van der Waals surface area contributed by atoms with Gasteiger partial charge < -0.3 is 10.6 Å². The fourth-order valence-corrected chi connectivity index (χ4v) is 3.80. The molecule has 0 spiro atoms. The highest BCUT2D eigenvalue weighted by Gasteiger charge is 2.35. The number of nitrogens with one attached hydrogen (secondary N) is 2. The first-order valence-corrected chi connectivity index (χ1v) is 7.85. The zero-order valence-corrected chi connectivity index (χ0v) is 12.3. The van der Waals surface area contributed by atoms with Crippen molar-refractivity contribution in [3.63, 3.8) is 0 Å². The summed E-state index contributed by atoms with van der Waals surface area (Å²) in [4.78, 5) is 0. The zero-order valence-electron chi connectivity index (χ0n) is 11.5. The van der Waals surface area contributed by atoms with Crippen LogP contribution in [0.15, 0.2) is 18.2 Å². The van der Waals surface area contributed by atoms with Gasteiger partial charge in [0.05, 0.1) is 22.3 Å². The van der Waals surface area contributed by atoms with Crippen molar-refractivity contribution in [1.29, 1.82) is 5.26 Å². The number of rotatable bonds is 3. The molecule has 3 rings (SSSR count). The third-order valence-electron chi connectivity index (χ3n) is 4.62. The molecule has 1 aliphatic carbocycles. The van der Waals surface area contributed by atoms with Gasteiger partial charge in [0.1, 0.15) is 0 Å². The Hall–Kier alpha value is -1.24. The van der Waals surface area contributed by atoms with Crippen molar-refractivity contribution in [2.45, 2.75) is 44.2 Å². The molecule has 1 aromatic carbocycles. The van der Waals surface area contributed by atoms with Gasteiger partial charge in [-0.1, -0.05) is 18.0 Å². The van der Waals surface area contributed by atoms with Crippen LogP contribution in [0.25, 0.3) is 0 Å².